The van der Waals surface area contributed by atoms with E-state index in [1.54, 1.807) is 12.5 Å². The molecule has 1 aromatic carbocycles. The van der Waals surface area contributed by atoms with E-state index in [-0.39, 0.29) is 12.4 Å². The van der Waals surface area contributed by atoms with Crippen LogP contribution in [0.1, 0.15) is 56.9 Å². The molecule has 0 bridgehead atoms. The first-order valence-corrected chi connectivity index (χ1v) is 8.46. The number of rotatable bonds is 2. The van der Waals surface area contributed by atoms with Crippen LogP contribution in [0.4, 0.5) is 4.79 Å². The molecule has 24 heavy (non-hydrogen) atoms. The van der Waals surface area contributed by atoms with Gasteiger partial charge in [0.1, 0.15) is 18.1 Å². The van der Waals surface area contributed by atoms with E-state index in [1.807, 2.05) is 37.8 Å². The third-order valence-electron chi connectivity index (χ3n) is 4.21. The largest absolute Gasteiger partial charge is 0.455 e. The molecule has 2 heterocycles. The van der Waals surface area contributed by atoms with Gasteiger partial charge in [0.2, 0.25) is 0 Å². The Balaban J connectivity index is 1.63. The zero-order chi connectivity index (χ0) is 17.2. The first-order valence-electron chi connectivity index (χ1n) is 8.46. The molecule has 2 aliphatic heterocycles. The van der Waals surface area contributed by atoms with E-state index >= 15 is 0 Å². The van der Waals surface area contributed by atoms with E-state index in [9.17, 15) is 4.79 Å². The second kappa shape index (κ2) is 6.75. The standard InChI is InChI=1S/C19H25NO4/c1-19(2,3)24-18(21)20-10-4-5-16(13-20)14-6-8-15(9-7-14)17-22-11-12-23-17/h6-9,11-12,16-17H,4-5,10,13H2,1-3H3/t16-/m1/s1. The summed E-state index contributed by atoms with van der Waals surface area (Å²) in [6.07, 6.45) is 4.61. The Kier molecular flexibility index (Phi) is 4.69. The van der Waals surface area contributed by atoms with Crippen molar-refractivity contribution < 1.29 is 19.0 Å². The Hall–Kier alpha value is -2.17. The quantitative estimate of drug-likeness (QED) is 0.810. The second-order valence-corrected chi connectivity index (χ2v) is 7.31. The van der Waals surface area contributed by atoms with E-state index in [2.05, 4.69) is 12.1 Å². The van der Waals surface area contributed by atoms with Crippen LogP contribution in [0.25, 0.3) is 0 Å². The summed E-state index contributed by atoms with van der Waals surface area (Å²) in [5.41, 5.74) is 1.77. The van der Waals surface area contributed by atoms with Gasteiger partial charge in [-0.05, 0) is 39.2 Å². The molecule has 1 saturated heterocycles. The highest BCUT2D eigenvalue weighted by Crippen LogP contribution is 2.30. The molecule has 130 valence electrons. The van der Waals surface area contributed by atoms with E-state index in [4.69, 9.17) is 14.2 Å². The van der Waals surface area contributed by atoms with Crippen molar-refractivity contribution in [1.29, 1.82) is 0 Å². The van der Waals surface area contributed by atoms with Crippen molar-refractivity contribution in [2.24, 2.45) is 0 Å². The summed E-state index contributed by atoms with van der Waals surface area (Å²) >= 11 is 0. The van der Waals surface area contributed by atoms with Gasteiger partial charge in [0, 0.05) is 24.6 Å². The third kappa shape index (κ3) is 4.02. The lowest BCUT2D eigenvalue weighted by Gasteiger charge is -2.34. The number of amides is 1. The van der Waals surface area contributed by atoms with Crippen LogP contribution in [0, 0.1) is 0 Å². The van der Waals surface area contributed by atoms with Gasteiger partial charge in [-0.1, -0.05) is 24.3 Å². The number of hydrogen-bond donors (Lipinski definition) is 0. The highest BCUT2D eigenvalue weighted by Gasteiger charge is 2.28. The van der Waals surface area contributed by atoms with Gasteiger partial charge in [0.25, 0.3) is 6.29 Å². The fraction of sp³-hybridized carbons (Fsp3) is 0.526. The van der Waals surface area contributed by atoms with Crippen molar-refractivity contribution in [2.45, 2.75) is 51.4 Å². The summed E-state index contributed by atoms with van der Waals surface area (Å²) in [7, 11) is 0. The minimum atomic E-state index is -0.457. The van der Waals surface area contributed by atoms with Crippen LogP contribution in [-0.4, -0.2) is 29.7 Å². The van der Waals surface area contributed by atoms with Gasteiger partial charge in [-0.25, -0.2) is 4.79 Å². The molecule has 5 nitrogen and oxygen atoms in total. The van der Waals surface area contributed by atoms with E-state index in [0.717, 1.165) is 24.9 Å². The van der Waals surface area contributed by atoms with Crippen LogP contribution < -0.4 is 0 Å². The van der Waals surface area contributed by atoms with Gasteiger partial charge in [-0.2, -0.15) is 0 Å². The maximum atomic E-state index is 12.3. The van der Waals surface area contributed by atoms with E-state index < -0.39 is 5.60 Å². The zero-order valence-corrected chi connectivity index (χ0v) is 14.5. The fourth-order valence-electron chi connectivity index (χ4n) is 3.06. The van der Waals surface area contributed by atoms with Crippen LogP contribution in [0.15, 0.2) is 36.8 Å². The molecular weight excluding hydrogens is 306 g/mol. The Morgan fingerprint density at radius 2 is 1.75 bits per heavy atom. The molecular formula is C19H25NO4. The summed E-state index contributed by atoms with van der Waals surface area (Å²) in [4.78, 5) is 14.1. The van der Waals surface area contributed by atoms with Crippen molar-refractivity contribution in [1.82, 2.24) is 4.90 Å². The SMILES string of the molecule is CC(C)(C)OC(=O)N1CCC[C@@H](c2ccc(C3OC=CO3)cc2)C1. The van der Waals surface area contributed by atoms with Crippen molar-refractivity contribution in [3.05, 3.63) is 47.9 Å². The molecule has 0 unspecified atom stereocenters. The Bertz CT molecular complexity index is 595. The molecule has 5 heteroatoms. The maximum absolute atomic E-state index is 12.3. The van der Waals surface area contributed by atoms with Crippen LogP contribution in [0.5, 0.6) is 0 Å². The molecule has 1 aromatic rings. The predicted octanol–water partition coefficient (Wildman–Crippen LogP) is 4.32. The first-order chi connectivity index (χ1) is 11.4. The number of likely N-dealkylation sites (tertiary alicyclic amines) is 1. The topological polar surface area (TPSA) is 48.0 Å². The molecule has 0 aliphatic carbocycles. The van der Waals surface area contributed by atoms with Crippen molar-refractivity contribution >= 4 is 6.09 Å². The van der Waals surface area contributed by atoms with Crippen LogP contribution in [0.3, 0.4) is 0 Å². The molecule has 1 fully saturated rings. The number of carbonyl (C=O) groups excluding carboxylic acids is 1. The first kappa shape index (κ1) is 16.7. The summed E-state index contributed by atoms with van der Waals surface area (Å²) < 4.78 is 16.2. The number of ether oxygens (including phenoxy) is 3. The van der Waals surface area contributed by atoms with Crippen LogP contribution in [0.2, 0.25) is 0 Å². The van der Waals surface area contributed by atoms with E-state index in [1.165, 1.54) is 5.56 Å². The number of nitrogens with zero attached hydrogens (tertiary/aromatic N) is 1. The average molecular weight is 331 g/mol. The van der Waals surface area contributed by atoms with Crippen molar-refractivity contribution in [3.63, 3.8) is 0 Å². The normalized spacial score (nSPS) is 21.3. The van der Waals surface area contributed by atoms with Gasteiger partial charge in [-0.15, -0.1) is 0 Å². The lowest BCUT2D eigenvalue weighted by molar-refractivity contribution is -0.0246. The molecule has 0 saturated carbocycles. The fourth-order valence-corrected chi connectivity index (χ4v) is 3.06. The molecule has 0 radical (unpaired) electrons. The Morgan fingerprint density at radius 3 is 2.38 bits per heavy atom. The molecule has 1 atom stereocenters. The highest BCUT2D eigenvalue weighted by molar-refractivity contribution is 5.68. The molecule has 0 aromatic heterocycles. The highest BCUT2D eigenvalue weighted by atomic mass is 16.7. The van der Waals surface area contributed by atoms with Gasteiger partial charge in [0.15, 0.2) is 0 Å². The van der Waals surface area contributed by atoms with E-state index in [0.29, 0.717) is 12.5 Å². The zero-order valence-electron chi connectivity index (χ0n) is 14.5. The molecule has 1 amide bonds. The van der Waals surface area contributed by atoms with Gasteiger partial charge in [0.05, 0.1) is 0 Å². The smallest absolute Gasteiger partial charge is 0.410 e. The van der Waals surface area contributed by atoms with Crippen LogP contribution >= 0.6 is 0 Å². The molecule has 2 aliphatic rings. The van der Waals surface area contributed by atoms with Gasteiger partial charge < -0.3 is 19.1 Å². The predicted molar refractivity (Wildman–Crippen MR) is 90.3 cm³/mol. The number of piperidine rings is 1. The second-order valence-electron chi connectivity index (χ2n) is 7.31. The summed E-state index contributed by atoms with van der Waals surface area (Å²) in [5.74, 6) is 0.337. The number of carbonyl (C=O) groups is 1. The number of hydrogen-bond acceptors (Lipinski definition) is 4. The minimum Gasteiger partial charge on any atom is -0.455 e. The summed E-state index contributed by atoms with van der Waals surface area (Å²) in [6, 6.07) is 8.26. The number of benzene rings is 1. The Labute approximate surface area is 143 Å². The minimum absolute atomic E-state index is 0.220. The molecule has 0 spiro atoms. The molecule has 0 N–H and O–H groups in total. The van der Waals surface area contributed by atoms with Gasteiger partial charge in [-0.3, -0.25) is 0 Å². The lowest BCUT2D eigenvalue weighted by Crippen LogP contribution is -2.42. The van der Waals surface area contributed by atoms with Crippen LogP contribution in [-0.2, 0) is 14.2 Å². The summed E-state index contributed by atoms with van der Waals surface area (Å²) in [6.45, 7) is 7.15. The third-order valence-corrected chi connectivity index (χ3v) is 4.21. The summed E-state index contributed by atoms with van der Waals surface area (Å²) in [5, 5.41) is 0. The maximum Gasteiger partial charge on any atom is 0.410 e. The van der Waals surface area contributed by atoms with Crippen molar-refractivity contribution in [2.75, 3.05) is 13.1 Å². The lowest BCUT2D eigenvalue weighted by atomic mass is 9.90. The average Bonchev–Trinajstić information content (AvgIpc) is 3.08. The van der Waals surface area contributed by atoms with Gasteiger partial charge >= 0.3 is 6.09 Å². The monoisotopic (exact) mass is 331 g/mol. The molecule has 3 rings (SSSR count). The Morgan fingerprint density at radius 1 is 1.12 bits per heavy atom. The van der Waals surface area contributed by atoms with Crippen molar-refractivity contribution in [3.8, 4) is 0 Å².